The quantitative estimate of drug-likeness (QED) is 0.287. The zero-order valence-electron chi connectivity index (χ0n) is 15.1. The van der Waals surface area contributed by atoms with Crippen LogP contribution in [0.4, 0.5) is 0 Å². The van der Waals surface area contributed by atoms with Crippen LogP contribution in [0, 0.1) is 0 Å². The molecule has 154 valence electrons. The van der Waals surface area contributed by atoms with E-state index in [4.69, 9.17) is 24.1 Å². The van der Waals surface area contributed by atoms with E-state index in [-0.39, 0.29) is 23.7 Å². The van der Waals surface area contributed by atoms with Gasteiger partial charge in [-0.3, -0.25) is 0 Å². The first-order valence-corrected chi connectivity index (χ1v) is 8.37. The molecule has 1 fully saturated rings. The Hall–Kier alpha value is -1.66. The van der Waals surface area contributed by atoms with Crippen LogP contribution in [0.15, 0.2) is 12.1 Å². The summed E-state index contributed by atoms with van der Waals surface area (Å²) in [4.78, 5) is 0. The van der Waals surface area contributed by atoms with Gasteiger partial charge in [-0.15, -0.1) is 0 Å². The highest BCUT2D eigenvalue weighted by atomic mass is 16.7. The first-order chi connectivity index (χ1) is 12.9. The molecule has 0 radical (unpaired) electrons. The van der Waals surface area contributed by atoms with E-state index in [1.165, 1.54) is 14.2 Å². The summed E-state index contributed by atoms with van der Waals surface area (Å²) in [6, 6.07) is 3.11. The number of methoxy groups -OCH3 is 2. The Kier molecular flexibility index (Phi) is 7.62. The number of ether oxygens (including phenoxy) is 4. The Labute approximate surface area is 156 Å². The van der Waals surface area contributed by atoms with Crippen molar-refractivity contribution in [2.45, 2.75) is 43.2 Å². The molecule has 0 aliphatic carbocycles. The van der Waals surface area contributed by atoms with Gasteiger partial charge in [0.1, 0.15) is 24.4 Å². The molecule has 1 aliphatic heterocycles. The maximum atomic E-state index is 10.1. The average molecular weight is 390 g/mol. The molecule has 1 heterocycles. The molecule has 0 bridgehead atoms. The van der Waals surface area contributed by atoms with Gasteiger partial charge in [0, 0.05) is 6.42 Å². The highest BCUT2D eigenvalue weighted by Gasteiger charge is 2.45. The third-order valence-electron chi connectivity index (χ3n) is 4.28. The second-order valence-corrected chi connectivity index (χ2v) is 6.19. The van der Waals surface area contributed by atoms with Crippen LogP contribution in [0.2, 0.25) is 0 Å². The second-order valence-electron chi connectivity index (χ2n) is 6.19. The summed E-state index contributed by atoms with van der Waals surface area (Å²) in [5.41, 5.74) is 0.603. The van der Waals surface area contributed by atoms with Crippen molar-refractivity contribution in [1.82, 2.24) is 0 Å². The van der Waals surface area contributed by atoms with Crippen molar-refractivity contribution in [1.29, 1.82) is 0 Å². The molecule has 2 rings (SSSR count). The van der Waals surface area contributed by atoms with Crippen LogP contribution < -0.4 is 14.2 Å². The van der Waals surface area contributed by atoms with Crippen LogP contribution in [0.5, 0.6) is 17.2 Å². The monoisotopic (exact) mass is 390 g/mol. The molecule has 1 aliphatic rings. The molecule has 0 spiro atoms. The number of aliphatic hydroxyl groups excluding tert-OH is 6. The van der Waals surface area contributed by atoms with Crippen molar-refractivity contribution in [2.24, 2.45) is 0 Å². The zero-order chi connectivity index (χ0) is 20.1. The maximum Gasteiger partial charge on any atom is 0.229 e. The minimum absolute atomic E-state index is 0.0616. The summed E-state index contributed by atoms with van der Waals surface area (Å²) in [6.07, 6.45) is -8.03. The topological polar surface area (TPSA) is 158 Å². The van der Waals surface area contributed by atoms with Crippen LogP contribution in [0.25, 0.3) is 0 Å². The molecule has 6 atom stereocenters. The Morgan fingerprint density at radius 1 is 1.00 bits per heavy atom. The molecule has 0 amide bonds. The van der Waals surface area contributed by atoms with Crippen molar-refractivity contribution in [2.75, 3.05) is 27.4 Å². The minimum Gasteiger partial charge on any atom is -0.493 e. The molecule has 10 heteroatoms. The summed E-state index contributed by atoms with van der Waals surface area (Å²) in [6.45, 7) is -0.995. The largest absolute Gasteiger partial charge is 0.493 e. The van der Waals surface area contributed by atoms with E-state index in [0.29, 0.717) is 5.56 Å². The van der Waals surface area contributed by atoms with Crippen LogP contribution in [0.1, 0.15) is 5.56 Å². The smallest absolute Gasteiger partial charge is 0.229 e. The summed E-state index contributed by atoms with van der Waals surface area (Å²) < 4.78 is 21.5. The molecule has 1 aromatic rings. The lowest BCUT2D eigenvalue weighted by Crippen LogP contribution is -2.60. The van der Waals surface area contributed by atoms with Gasteiger partial charge in [0.15, 0.2) is 11.5 Å². The fourth-order valence-corrected chi connectivity index (χ4v) is 2.79. The van der Waals surface area contributed by atoms with E-state index >= 15 is 0 Å². The van der Waals surface area contributed by atoms with E-state index in [9.17, 15) is 25.5 Å². The van der Waals surface area contributed by atoms with Gasteiger partial charge in [0.25, 0.3) is 0 Å². The number of hydrogen-bond acceptors (Lipinski definition) is 10. The SMILES string of the molecule is COc1cc(CC(O)CO)cc(OC)c1O[C@@H]1O[C@H](CO)[C@@H](O)[C@H](O)[C@H]1O. The van der Waals surface area contributed by atoms with Gasteiger partial charge < -0.3 is 49.6 Å². The normalized spacial score (nSPS) is 29.3. The third-order valence-corrected chi connectivity index (χ3v) is 4.28. The van der Waals surface area contributed by atoms with E-state index in [2.05, 4.69) is 0 Å². The highest BCUT2D eigenvalue weighted by molar-refractivity contribution is 5.54. The van der Waals surface area contributed by atoms with Crippen molar-refractivity contribution >= 4 is 0 Å². The van der Waals surface area contributed by atoms with Gasteiger partial charge in [0.05, 0.1) is 33.5 Å². The lowest BCUT2D eigenvalue weighted by atomic mass is 9.99. The molecule has 6 N–H and O–H groups in total. The van der Waals surface area contributed by atoms with Crippen molar-refractivity contribution in [3.63, 3.8) is 0 Å². The molecular weight excluding hydrogens is 364 g/mol. The molecular formula is C17H26O10. The standard InChI is InChI=1S/C17H26O10/c1-24-10-4-8(3-9(20)6-18)5-11(25-2)16(10)27-17-15(23)14(22)13(21)12(7-19)26-17/h4-5,9,12-15,17-23H,3,6-7H2,1-2H3/t9?,12-,13-,14+,15-,17+/m1/s1. The summed E-state index contributed by atoms with van der Waals surface area (Å²) in [5.74, 6) is 0.462. The second kappa shape index (κ2) is 9.51. The fourth-order valence-electron chi connectivity index (χ4n) is 2.79. The van der Waals surface area contributed by atoms with E-state index in [1.807, 2.05) is 0 Å². The molecule has 27 heavy (non-hydrogen) atoms. The summed E-state index contributed by atoms with van der Waals surface area (Å²) >= 11 is 0. The molecule has 1 aromatic carbocycles. The van der Waals surface area contributed by atoms with E-state index in [0.717, 1.165) is 0 Å². The lowest BCUT2D eigenvalue weighted by Gasteiger charge is -2.39. The molecule has 0 saturated carbocycles. The van der Waals surface area contributed by atoms with Gasteiger partial charge in [-0.1, -0.05) is 0 Å². The molecule has 0 aromatic heterocycles. The predicted octanol–water partition coefficient (Wildman–Crippen LogP) is -2.22. The summed E-state index contributed by atoms with van der Waals surface area (Å²) in [7, 11) is 2.75. The average Bonchev–Trinajstić information content (AvgIpc) is 2.68. The number of rotatable bonds is 8. The number of hydrogen-bond donors (Lipinski definition) is 6. The third kappa shape index (κ3) is 4.79. The minimum atomic E-state index is -1.59. The van der Waals surface area contributed by atoms with Crippen LogP contribution in [-0.4, -0.2) is 94.9 Å². The van der Waals surface area contributed by atoms with Crippen LogP contribution >= 0.6 is 0 Å². The Balaban J connectivity index is 2.31. The van der Waals surface area contributed by atoms with E-state index < -0.39 is 50.0 Å². The predicted molar refractivity (Wildman–Crippen MR) is 90.7 cm³/mol. The highest BCUT2D eigenvalue weighted by Crippen LogP contribution is 2.40. The molecule has 1 unspecified atom stereocenters. The van der Waals surface area contributed by atoms with E-state index in [1.54, 1.807) is 12.1 Å². The van der Waals surface area contributed by atoms with Gasteiger partial charge in [-0.25, -0.2) is 0 Å². The Morgan fingerprint density at radius 3 is 2.07 bits per heavy atom. The van der Waals surface area contributed by atoms with Crippen LogP contribution in [-0.2, 0) is 11.2 Å². The number of aliphatic hydroxyl groups is 6. The summed E-state index contributed by atoms with van der Waals surface area (Å²) in [5, 5.41) is 57.7. The van der Waals surface area contributed by atoms with Crippen LogP contribution in [0.3, 0.4) is 0 Å². The fraction of sp³-hybridized carbons (Fsp3) is 0.647. The van der Waals surface area contributed by atoms with Gasteiger partial charge in [0.2, 0.25) is 12.0 Å². The van der Waals surface area contributed by atoms with Crippen molar-refractivity contribution in [3.05, 3.63) is 17.7 Å². The van der Waals surface area contributed by atoms with Gasteiger partial charge in [-0.05, 0) is 17.7 Å². The zero-order valence-corrected chi connectivity index (χ0v) is 15.1. The number of benzene rings is 1. The maximum absolute atomic E-state index is 10.1. The van der Waals surface area contributed by atoms with Crippen molar-refractivity contribution < 1.29 is 49.6 Å². The van der Waals surface area contributed by atoms with Gasteiger partial charge in [-0.2, -0.15) is 0 Å². The lowest BCUT2D eigenvalue weighted by molar-refractivity contribution is -0.277. The first kappa shape index (κ1) is 21.6. The molecule has 1 saturated heterocycles. The molecule has 10 nitrogen and oxygen atoms in total. The van der Waals surface area contributed by atoms with Gasteiger partial charge >= 0.3 is 0 Å². The first-order valence-electron chi connectivity index (χ1n) is 8.37. The Bertz CT molecular complexity index is 582. The van der Waals surface area contributed by atoms with Crippen molar-refractivity contribution in [3.8, 4) is 17.2 Å². The Morgan fingerprint density at radius 2 is 1.59 bits per heavy atom.